The fourth-order valence-electron chi connectivity index (χ4n) is 1.44. The lowest BCUT2D eigenvalue weighted by Gasteiger charge is -2.23. The van der Waals surface area contributed by atoms with Crippen LogP contribution in [0.4, 0.5) is 0 Å². The van der Waals surface area contributed by atoms with Crippen molar-refractivity contribution in [2.24, 2.45) is 0 Å². The smallest absolute Gasteiger partial charge is 0.295 e. The van der Waals surface area contributed by atoms with Crippen LogP contribution < -0.4 is 11.0 Å². The van der Waals surface area contributed by atoms with Crippen molar-refractivity contribution in [3.05, 3.63) is 16.0 Å². The average molecular weight is 346 g/mol. The zero-order chi connectivity index (χ0) is 14.2. The molecule has 0 aromatic carbocycles. The van der Waals surface area contributed by atoms with Crippen molar-refractivity contribution >= 4 is 46.6 Å². The normalized spacial score (nSPS) is 17.3. The largest absolute Gasteiger partial charge is 0.369 e. The molecule has 10 heteroatoms. The Morgan fingerprint density at radius 2 is 2.11 bits per heavy atom. The first-order valence-corrected chi connectivity index (χ1v) is 7.75. The van der Waals surface area contributed by atoms with Crippen molar-refractivity contribution in [3.63, 3.8) is 0 Å². The van der Waals surface area contributed by atoms with Crippen molar-refractivity contribution in [3.8, 4) is 0 Å². The van der Waals surface area contributed by atoms with Crippen LogP contribution >= 0.6 is 46.6 Å². The average Bonchev–Trinajstić information content (AvgIpc) is 3.14. The molecule has 0 bridgehead atoms. The lowest BCUT2D eigenvalue weighted by Crippen LogP contribution is -2.44. The highest BCUT2D eigenvalue weighted by molar-refractivity contribution is 7.98. The minimum atomic E-state index is -1.96. The molecule has 0 spiro atoms. The predicted octanol–water partition coefficient (Wildman–Crippen LogP) is 1.47. The number of nitrogens with one attached hydrogen (secondary N) is 1. The summed E-state index contributed by atoms with van der Waals surface area (Å²) in [6, 6.07) is 0. The van der Waals surface area contributed by atoms with Crippen molar-refractivity contribution in [1.82, 2.24) is 14.9 Å². The Kier molecular flexibility index (Phi) is 4.52. The maximum absolute atomic E-state index is 12.2. The first-order chi connectivity index (χ1) is 8.84. The van der Waals surface area contributed by atoms with Crippen LogP contribution in [-0.4, -0.2) is 36.3 Å². The molecule has 0 radical (unpaired) electrons. The van der Waals surface area contributed by atoms with Crippen molar-refractivity contribution in [2.45, 2.75) is 33.9 Å². The van der Waals surface area contributed by atoms with Crippen LogP contribution in [0.5, 0.6) is 0 Å². The lowest BCUT2D eigenvalue weighted by atomic mass is 10.3. The van der Waals surface area contributed by atoms with Gasteiger partial charge in [-0.2, -0.15) is 4.68 Å². The fourth-order valence-corrected chi connectivity index (χ4v) is 2.03. The van der Waals surface area contributed by atoms with E-state index in [2.05, 4.69) is 15.6 Å². The Bertz CT molecular complexity index is 529. The molecule has 1 aliphatic rings. The molecule has 19 heavy (non-hydrogen) atoms. The summed E-state index contributed by atoms with van der Waals surface area (Å²) in [5.41, 5.74) is 2.42. The van der Waals surface area contributed by atoms with Gasteiger partial charge < -0.3 is 5.11 Å². The van der Waals surface area contributed by atoms with Crippen LogP contribution in [0.2, 0.25) is 0 Å². The van der Waals surface area contributed by atoms with E-state index in [4.69, 9.17) is 34.8 Å². The summed E-state index contributed by atoms with van der Waals surface area (Å²) in [5, 5.41) is 17.8. The zero-order valence-electron chi connectivity index (χ0n) is 9.81. The van der Waals surface area contributed by atoms with Crippen LogP contribution in [0.15, 0.2) is 9.95 Å². The van der Waals surface area contributed by atoms with E-state index in [0.29, 0.717) is 5.69 Å². The van der Waals surface area contributed by atoms with Crippen molar-refractivity contribution < 1.29 is 5.11 Å². The summed E-state index contributed by atoms with van der Waals surface area (Å²) in [7, 11) is 0. The second-order valence-corrected chi connectivity index (χ2v) is 7.20. The van der Waals surface area contributed by atoms with Gasteiger partial charge in [0.15, 0.2) is 6.23 Å². The Morgan fingerprint density at radius 3 is 2.58 bits per heavy atom. The van der Waals surface area contributed by atoms with Crippen LogP contribution in [0, 0.1) is 0 Å². The molecule has 6 nitrogen and oxygen atoms in total. The molecule has 1 fully saturated rings. The molecule has 1 atom stereocenters. The van der Waals surface area contributed by atoms with Gasteiger partial charge in [-0.1, -0.05) is 46.6 Å². The van der Waals surface area contributed by atoms with Gasteiger partial charge in [-0.3, -0.25) is 10.2 Å². The maximum atomic E-state index is 12.2. The van der Waals surface area contributed by atoms with E-state index in [1.54, 1.807) is 6.26 Å². The summed E-state index contributed by atoms with van der Waals surface area (Å²) in [6.07, 6.45) is 2.00. The number of aromatic nitrogens is 3. The standard InChI is InChI=1S/C9H11Cl3N4O2S/c1-19-8-14-13-5(4-2-3-4)6(17)16(8)15-7(18)9(10,11)12/h4,7,15,18H,2-3H2,1H3. The topological polar surface area (TPSA) is 80.0 Å². The molecule has 2 N–H and O–H groups in total. The lowest BCUT2D eigenvalue weighted by molar-refractivity contribution is 0.188. The van der Waals surface area contributed by atoms with Crippen LogP contribution in [0.25, 0.3) is 0 Å². The van der Waals surface area contributed by atoms with E-state index in [9.17, 15) is 9.90 Å². The maximum Gasteiger partial charge on any atom is 0.295 e. The second kappa shape index (κ2) is 5.65. The first-order valence-electron chi connectivity index (χ1n) is 5.39. The highest BCUT2D eigenvalue weighted by Crippen LogP contribution is 2.37. The molecule has 0 saturated heterocycles. The third kappa shape index (κ3) is 3.46. The molecular weight excluding hydrogens is 335 g/mol. The summed E-state index contributed by atoms with van der Waals surface area (Å²) in [4.78, 5) is 12.2. The predicted molar refractivity (Wildman–Crippen MR) is 75.7 cm³/mol. The minimum absolute atomic E-state index is 0.133. The number of hydrogen-bond donors (Lipinski definition) is 2. The number of alkyl halides is 3. The SMILES string of the molecule is CSc1nnc(C2CC2)c(=O)n1NC(O)C(Cl)(Cl)Cl. The Morgan fingerprint density at radius 1 is 1.47 bits per heavy atom. The van der Waals surface area contributed by atoms with Crippen molar-refractivity contribution in [1.29, 1.82) is 0 Å². The molecule has 106 valence electrons. The number of hydrogen-bond acceptors (Lipinski definition) is 6. The highest BCUT2D eigenvalue weighted by atomic mass is 35.6. The third-order valence-corrected chi connectivity index (χ3v) is 3.81. The van der Waals surface area contributed by atoms with Gasteiger partial charge in [-0.15, -0.1) is 10.2 Å². The summed E-state index contributed by atoms with van der Waals surface area (Å²) in [5.74, 6) is 0.133. The number of aliphatic hydroxyl groups is 1. The number of nitrogens with zero attached hydrogens (tertiary/aromatic N) is 3. The molecule has 1 aromatic rings. The molecule has 0 aliphatic heterocycles. The minimum Gasteiger partial charge on any atom is -0.369 e. The molecule has 1 unspecified atom stereocenters. The summed E-state index contributed by atoms with van der Waals surface area (Å²) < 4.78 is -0.893. The molecule has 2 rings (SSSR count). The van der Waals surface area contributed by atoms with E-state index in [1.165, 1.54) is 11.8 Å². The van der Waals surface area contributed by atoms with Gasteiger partial charge in [0, 0.05) is 5.92 Å². The quantitative estimate of drug-likeness (QED) is 0.489. The van der Waals surface area contributed by atoms with Crippen LogP contribution in [-0.2, 0) is 0 Å². The van der Waals surface area contributed by atoms with Gasteiger partial charge in [-0.25, -0.2) is 0 Å². The molecule has 1 heterocycles. The number of thioether (sulfide) groups is 1. The van der Waals surface area contributed by atoms with E-state index in [-0.39, 0.29) is 16.6 Å². The van der Waals surface area contributed by atoms with Gasteiger partial charge in [-0.05, 0) is 19.1 Å². The van der Waals surface area contributed by atoms with Gasteiger partial charge in [0.05, 0.1) is 0 Å². The van der Waals surface area contributed by atoms with Gasteiger partial charge in [0.2, 0.25) is 8.95 Å². The van der Waals surface area contributed by atoms with Crippen LogP contribution in [0.1, 0.15) is 24.5 Å². The Hall–Kier alpha value is -0.210. The number of halogens is 3. The molecule has 1 aromatic heterocycles. The van der Waals surface area contributed by atoms with E-state index in [0.717, 1.165) is 17.5 Å². The monoisotopic (exact) mass is 344 g/mol. The van der Waals surface area contributed by atoms with Crippen molar-refractivity contribution in [2.75, 3.05) is 11.7 Å². The Balaban J connectivity index is 2.36. The highest BCUT2D eigenvalue weighted by Gasteiger charge is 2.34. The molecular formula is C9H11Cl3N4O2S. The van der Waals surface area contributed by atoms with Gasteiger partial charge in [0.1, 0.15) is 5.69 Å². The number of rotatable bonds is 4. The summed E-state index contributed by atoms with van der Waals surface area (Å²) >= 11 is 17.9. The fraction of sp³-hybridized carbons (Fsp3) is 0.667. The van der Waals surface area contributed by atoms with E-state index in [1.807, 2.05) is 0 Å². The second-order valence-electron chi connectivity index (χ2n) is 4.06. The van der Waals surface area contributed by atoms with Crippen LogP contribution in [0.3, 0.4) is 0 Å². The third-order valence-electron chi connectivity index (χ3n) is 2.56. The first kappa shape index (κ1) is 15.2. The zero-order valence-corrected chi connectivity index (χ0v) is 12.9. The van der Waals surface area contributed by atoms with E-state index < -0.39 is 10.0 Å². The molecule has 1 aliphatic carbocycles. The Labute approximate surface area is 128 Å². The summed E-state index contributed by atoms with van der Waals surface area (Å²) in [6.45, 7) is 0. The molecule has 0 amide bonds. The van der Waals surface area contributed by atoms with E-state index >= 15 is 0 Å². The van der Waals surface area contributed by atoms with Gasteiger partial charge >= 0.3 is 0 Å². The molecule has 1 saturated carbocycles. The number of aliphatic hydroxyl groups excluding tert-OH is 1. The van der Waals surface area contributed by atoms with Gasteiger partial charge in [0.25, 0.3) is 5.56 Å².